The Morgan fingerprint density at radius 1 is 0.558 bits per heavy atom. The molecular weight excluding hydrogens is 542 g/mol. The minimum atomic E-state index is -0.478. The lowest BCUT2D eigenvalue weighted by Crippen LogP contribution is -2.51. The van der Waals surface area contributed by atoms with E-state index in [1.165, 1.54) is 0 Å². The average molecular weight is 600 g/mol. The molecule has 1 aromatic rings. The lowest BCUT2D eigenvalue weighted by atomic mass is 9.90. The summed E-state index contributed by atoms with van der Waals surface area (Å²) in [6.45, 7) is 24.5. The number of hydrogen-bond donors (Lipinski definition) is 1. The summed E-state index contributed by atoms with van der Waals surface area (Å²) in [7, 11) is 0. The summed E-state index contributed by atoms with van der Waals surface area (Å²) in [5.74, 6) is 0.437. The minimum Gasteiger partial charge on any atom is -0.322 e. The van der Waals surface area contributed by atoms with Crippen LogP contribution in [-0.2, 0) is 14.4 Å². The molecule has 0 spiro atoms. The number of ketones is 3. The number of carbonyl (C=O) groups excluding carboxylic acids is 4. The van der Waals surface area contributed by atoms with E-state index in [-0.39, 0.29) is 36.5 Å². The van der Waals surface area contributed by atoms with Crippen LogP contribution < -0.4 is 5.32 Å². The van der Waals surface area contributed by atoms with Gasteiger partial charge in [-0.15, -0.1) is 0 Å². The summed E-state index contributed by atoms with van der Waals surface area (Å²) in [6.07, 6.45) is 0. The monoisotopic (exact) mass is 599 g/mol. The molecule has 9 heteroatoms. The maximum Gasteiger partial charge on any atom is 0.321 e. The molecule has 1 fully saturated rings. The number of benzene rings is 1. The number of anilines is 1. The first-order valence-corrected chi connectivity index (χ1v) is 15.7. The van der Waals surface area contributed by atoms with E-state index in [9.17, 15) is 19.2 Å². The van der Waals surface area contributed by atoms with Crippen molar-refractivity contribution in [2.75, 3.05) is 77.3 Å². The van der Waals surface area contributed by atoms with Crippen molar-refractivity contribution in [2.24, 2.45) is 16.2 Å². The summed E-state index contributed by atoms with van der Waals surface area (Å²) in [6, 6.07) is 7.49. The van der Waals surface area contributed by atoms with Gasteiger partial charge in [0, 0.05) is 74.3 Å². The van der Waals surface area contributed by atoms with Crippen molar-refractivity contribution < 1.29 is 19.2 Å². The van der Waals surface area contributed by atoms with E-state index >= 15 is 0 Å². The normalized spacial score (nSPS) is 17.6. The maximum atomic E-state index is 13.5. The fraction of sp³-hybridized carbons (Fsp3) is 0.706. The molecule has 0 saturated carbocycles. The van der Waals surface area contributed by atoms with Crippen molar-refractivity contribution in [2.45, 2.75) is 69.2 Å². The van der Waals surface area contributed by atoms with Crippen molar-refractivity contribution >= 4 is 29.1 Å². The van der Waals surface area contributed by atoms with E-state index in [0.717, 1.165) is 11.3 Å². The molecule has 0 aromatic heterocycles. The van der Waals surface area contributed by atoms with E-state index in [2.05, 4.69) is 20.0 Å². The van der Waals surface area contributed by atoms with E-state index in [1.807, 2.05) is 93.5 Å². The quantitative estimate of drug-likeness (QED) is 0.490. The molecule has 0 bridgehead atoms. The first-order chi connectivity index (χ1) is 19.8. The van der Waals surface area contributed by atoms with Gasteiger partial charge >= 0.3 is 6.03 Å². The molecule has 1 heterocycles. The Labute approximate surface area is 260 Å². The molecule has 1 saturated heterocycles. The van der Waals surface area contributed by atoms with Gasteiger partial charge in [-0.3, -0.25) is 29.1 Å². The van der Waals surface area contributed by atoms with Gasteiger partial charge in [-0.2, -0.15) is 0 Å². The van der Waals surface area contributed by atoms with Crippen LogP contribution in [0.3, 0.4) is 0 Å². The van der Waals surface area contributed by atoms with Gasteiger partial charge < -0.3 is 10.2 Å². The number of carbonyl (C=O) groups is 4. The van der Waals surface area contributed by atoms with Crippen LogP contribution in [0.4, 0.5) is 10.5 Å². The molecule has 2 amide bonds. The van der Waals surface area contributed by atoms with Gasteiger partial charge in [0.25, 0.3) is 0 Å². The molecule has 0 unspecified atom stereocenters. The Balaban J connectivity index is 2.34. The lowest BCUT2D eigenvalue weighted by molar-refractivity contribution is -0.129. The second kappa shape index (κ2) is 15.4. The Hall–Kier alpha value is -2.62. The third kappa shape index (κ3) is 12.9. The van der Waals surface area contributed by atoms with Crippen molar-refractivity contribution in [3.05, 3.63) is 29.8 Å². The van der Waals surface area contributed by atoms with Crippen molar-refractivity contribution in [1.29, 1.82) is 0 Å². The zero-order valence-electron chi connectivity index (χ0n) is 28.5. The average Bonchev–Trinajstić information content (AvgIpc) is 2.87. The predicted molar refractivity (Wildman–Crippen MR) is 174 cm³/mol. The number of urea groups is 1. The van der Waals surface area contributed by atoms with Crippen LogP contribution in [0.25, 0.3) is 0 Å². The van der Waals surface area contributed by atoms with E-state index in [1.54, 1.807) is 4.90 Å². The number of nitrogens with zero attached hydrogens (tertiary/aromatic N) is 4. The lowest BCUT2D eigenvalue weighted by Gasteiger charge is -2.35. The minimum absolute atomic E-state index is 0.138. The zero-order chi connectivity index (χ0) is 32.6. The van der Waals surface area contributed by atoms with Crippen LogP contribution in [0.1, 0.15) is 67.9 Å². The number of hydrogen-bond acceptors (Lipinski definition) is 7. The van der Waals surface area contributed by atoms with Crippen LogP contribution in [-0.4, -0.2) is 115 Å². The van der Waals surface area contributed by atoms with Gasteiger partial charge in [-0.05, 0) is 19.1 Å². The van der Waals surface area contributed by atoms with Gasteiger partial charge in [0.15, 0.2) is 17.3 Å². The summed E-state index contributed by atoms with van der Waals surface area (Å²) in [5.41, 5.74) is 0.419. The van der Waals surface area contributed by atoms with E-state index < -0.39 is 16.2 Å². The molecule has 9 nitrogen and oxygen atoms in total. The number of amides is 2. The number of Topliss-reactive ketones (excluding diaryl/α,β-unsaturated/α-hetero) is 3. The molecule has 0 radical (unpaired) electrons. The SMILES string of the molecule is Cc1ccc(NC(=O)N2CCN(CC(=O)C(C)(C)C)CCN(CC(=O)C(C)(C)C)CCN(CC(=O)C(C)(C)C)CC2)cc1. The van der Waals surface area contributed by atoms with Gasteiger partial charge in [0.05, 0.1) is 19.6 Å². The Bertz CT molecular complexity index is 1050. The van der Waals surface area contributed by atoms with E-state index in [0.29, 0.717) is 58.9 Å². The highest BCUT2D eigenvalue weighted by Crippen LogP contribution is 2.18. The molecule has 2 rings (SSSR count). The van der Waals surface area contributed by atoms with Crippen LogP contribution >= 0.6 is 0 Å². The highest BCUT2D eigenvalue weighted by Gasteiger charge is 2.29. The Kier molecular flexibility index (Phi) is 13.1. The molecule has 0 atom stereocenters. The van der Waals surface area contributed by atoms with Gasteiger partial charge in [0.2, 0.25) is 0 Å². The smallest absolute Gasteiger partial charge is 0.321 e. The van der Waals surface area contributed by atoms with E-state index in [4.69, 9.17) is 0 Å². The molecule has 43 heavy (non-hydrogen) atoms. The summed E-state index contributed by atoms with van der Waals surface area (Å²) >= 11 is 0. The van der Waals surface area contributed by atoms with Crippen LogP contribution in [0.5, 0.6) is 0 Å². The number of rotatable bonds is 7. The first-order valence-electron chi connectivity index (χ1n) is 15.7. The van der Waals surface area contributed by atoms with Crippen LogP contribution in [0.2, 0.25) is 0 Å². The largest absolute Gasteiger partial charge is 0.322 e. The van der Waals surface area contributed by atoms with Crippen molar-refractivity contribution in [1.82, 2.24) is 19.6 Å². The fourth-order valence-corrected chi connectivity index (χ4v) is 4.37. The molecule has 1 aromatic carbocycles. The molecular formula is C34H57N5O4. The summed E-state index contributed by atoms with van der Waals surface area (Å²) in [5, 5.41) is 3.02. The molecule has 242 valence electrons. The molecule has 0 aliphatic carbocycles. The molecule has 1 aliphatic heterocycles. The zero-order valence-corrected chi connectivity index (χ0v) is 28.5. The summed E-state index contributed by atoms with van der Waals surface area (Å²) in [4.78, 5) is 60.8. The first kappa shape index (κ1) is 36.6. The third-order valence-corrected chi connectivity index (χ3v) is 8.04. The highest BCUT2D eigenvalue weighted by atomic mass is 16.2. The van der Waals surface area contributed by atoms with Crippen molar-refractivity contribution in [3.8, 4) is 0 Å². The van der Waals surface area contributed by atoms with Gasteiger partial charge in [-0.25, -0.2) is 4.79 Å². The van der Waals surface area contributed by atoms with Crippen LogP contribution in [0, 0.1) is 23.2 Å². The van der Waals surface area contributed by atoms with Crippen LogP contribution in [0.15, 0.2) is 24.3 Å². The molecule has 1 aliphatic rings. The van der Waals surface area contributed by atoms with Crippen molar-refractivity contribution in [3.63, 3.8) is 0 Å². The second-order valence-corrected chi connectivity index (χ2v) is 15.1. The topological polar surface area (TPSA) is 93.3 Å². The van der Waals surface area contributed by atoms with Gasteiger partial charge in [0.1, 0.15) is 0 Å². The second-order valence-electron chi connectivity index (χ2n) is 15.1. The molecule has 1 N–H and O–H groups in total. The standard InChI is InChI=1S/C34H57N5O4/c1-26-11-13-27(14-12-26)35-31(43)39-21-19-37(24-29(41)33(5,6)7)17-15-36(23-28(40)32(2,3)4)16-18-38(20-22-39)25-30(42)34(8,9)10/h11-14H,15-25H2,1-10H3,(H,35,43). The highest BCUT2D eigenvalue weighted by molar-refractivity contribution is 5.89. The Morgan fingerprint density at radius 3 is 1.16 bits per heavy atom. The third-order valence-electron chi connectivity index (χ3n) is 8.04. The maximum absolute atomic E-state index is 13.5. The Morgan fingerprint density at radius 2 is 0.860 bits per heavy atom. The fourth-order valence-electron chi connectivity index (χ4n) is 4.37. The van der Waals surface area contributed by atoms with Gasteiger partial charge in [-0.1, -0.05) is 80.0 Å². The summed E-state index contributed by atoms with van der Waals surface area (Å²) < 4.78 is 0. The number of aryl methyl sites for hydroxylation is 1. The predicted octanol–water partition coefficient (Wildman–Crippen LogP) is 4.59. The number of nitrogens with one attached hydrogen (secondary N) is 1.